The molecule has 4 atom stereocenters. The van der Waals surface area contributed by atoms with E-state index in [0.717, 1.165) is 0 Å². The molecule has 25 heavy (non-hydrogen) atoms. The molecule has 0 spiro atoms. The normalized spacial score (nSPS) is 20.9. The zero-order chi connectivity index (χ0) is 19.1. The Balaban J connectivity index is 2.76. The first-order valence-corrected chi connectivity index (χ1v) is 7.63. The Bertz CT molecular complexity index is 643. The maximum atomic E-state index is 12.2. The molecular formula is C17H20N2O6. The van der Waals surface area contributed by atoms with Crippen LogP contribution < -0.4 is 10.6 Å². The Hall–Kier alpha value is -3.00. The van der Waals surface area contributed by atoms with Gasteiger partial charge in [-0.2, -0.15) is 0 Å². The molecule has 1 heterocycles. The lowest BCUT2D eigenvalue weighted by Crippen LogP contribution is -2.59. The first-order valence-electron chi connectivity index (χ1n) is 7.63. The Morgan fingerprint density at radius 1 is 1.16 bits per heavy atom. The van der Waals surface area contributed by atoms with Crippen LogP contribution >= 0.6 is 0 Å². The van der Waals surface area contributed by atoms with E-state index in [2.05, 4.69) is 22.5 Å². The number of hydrogen-bond acceptors (Lipinski definition) is 5. The minimum absolute atomic E-state index is 0.107. The fourth-order valence-electron chi connectivity index (χ4n) is 2.34. The monoisotopic (exact) mass is 348 g/mol. The number of carbonyl (C=O) groups excluding carboxylic acids is 3. The highest BCUT2D eigenvalue weighted by Gasteiger charge is 2.49. The van der Waals surface area contributed by atoms with Crippen molar-refractivity contribution >= 4 is 23.8 Å². The highest BCUT2D eigenvalue weighted by molar-refractivity contribution is 5.97. The van der Waals surface area contributed by atoms with E-state index in [-0.39, 0.29) is 18.8 Å². The first-order chi connectivity index (χ1) is 11.7. The summed E-state index contributed by atoms with van der Waals surface area (Å²) in [4.78, 5) is 46.9. The van der Waals surface area contributed by atoms with Crippen LogP contribution in [-0.4, -0.2) is 47.0 Å². The van der Waals surface area contributed by atoms with Gasteiger partial charge in [0, 0.05) is 12.8 Å². The lowest BCUT2D eigenvalue weighted by atomic mass is 9.85. The molecule has 1 rings (SSSR count). The number of ether oxygens (including phenoxy) is 1. The molecule has 8 nitrogen and oxygen atoms in total. The second-order valence-corrected chi connectivity index (χ2v) is 5.90. The zero-order valence-corrected chi connectivity index (χ0v) is 13.9. The second kappa shape index (κ2) is 8.74. The zero-order valence-electron chi connectivity index (χ0n) is 13.9. The molecule has 0 unspecified atom stereocenters. The molecular weight excluding hydrogens is 328 g/mol. The van der Waals surface area contributed by atoms with E-state index in [0.29, 0.717) is 0 Å². The lowest BCUT2D eigenvalue weighted by Gasteiger charge is -2.36. The molecule has 134 valence electrons. The van der Waals surface area contributed by atoms with Crippen molar-refractivity contribution in [3.05, 3.63) is 0 Å². The first kappa shape index (κ1) is 20.0. The topological polar surface area (TPSA) is 122 Å². The molecule has 1 aliphatic rings. The molecule has 0 aromatic rings. The van der Waals surface area contributed by atoms with Gasteiger partial charge in [0.1, 0.15) is 18.0 Å². The van der Waals surface area contributed by atoms with E-state index in [1.807, 2.05) is 0 Å². The number of amides is 2. The number of carbonyl (C=O) groups is 4. The van der Waals surface area contributed by atoms with Crippen LogP contribution in [0, 0.1) is 36.5 Å². The number of carboxylic acid groups (broad SMARTS) is 1. The SMILES string of the molecule is C#CC[C@H](NC(=O)[C@H](CC#C)NC(=O)[C@@H]1OC(=O)[C@H]1C(C)C)C(=O)O. The highest BCUT2D eigenvalue weighted by Crippen LogP contribution is 2.29. The minimum Gasteiger partial charge on any atom is -0.480 e. The summed E-state index contributed by atoms with van der Waals surface area (Å²) >= 11 is 0. The second-order valence-electron chi connectivity index (χ2n) is 5.90. The van der Waals surface area contributed by atoms with Gasteiger partial charge in [0.25, 0.3) is 5.91 Å². The summed E-state index contributed by atoms with van der Waals surface area (Å²) in [5.41, 5.74) is 0. The van der Waals surface area contributed by atoms with Gasteiger partial charge in [0.15, 0.2) is 6.10 Å². The molecule has 1 fully saturated rings. The molecule has 1 saturated heterocycles. The summed E-state index contributed by atoms with van der Waals surface area (Å²) in [7, 11) is 0. The van der Waals surface area contributed by atoms with Crippen molar-refractivity contribution in [2.75, 3.05) is 0 Å². The quantitative estimate of drug-likeness (QED) is 0.393. The van der Waals surface area contributed by atoms with Gasteiger partial charge in [-0.1, -0.05) is 13.8 Å². The Labute approximate surface area is 145 Å². The number of hydrogen-bond donors (Lipinski definition) is 3. The smallest absolute Gasteiger partial charge is 0.327 e. The molecule has 0 aromatic carbocycles. The van der Waals surface area contributed by atoms with Crippen LogP contribution in [-0.2, 0) is 23.9 Å². The van der Waals surface area contributed by atoms with Gasteiger partial charge in [-0.25, -0.2) is 4.79 Å². The molecule has 2 amide bonds. The lowest BCUT2D eigenvalue weighted by molar-refractivity contribution is -0.192. The number of terminal acetylenes is 2. The van der Waals surface area contributed by atoms with Gasteiger partial charge in [-0.05, 0) is 5.92 Å². The van der Waals surface area contributed by atoms with Gasteiger partial charge in [0.05, 0.1) is 0 Å². The molecule has 8 heteroatoms. The van der Waals surface area contributed by atoms with Crippen LogP contribution in [0.15, 0.2) is 0 Å². The van der Waals surface area contributed by atoms with Crippen LogP contribution in [0.1, 0.15) is 26.7 Å². The van der Waals surface area contributed by atoms with E-state index in [1.165, 1.54) is 0 Å². The summed E-state index contributed by atoms with van der Waals surface area (Å²) in [5, 5.41) is 13.6. The molecule has 1 aliphatic heterocycles. The number of rotatable bonds is 8. The number of carboxylic acids is 1. The average Bonchev–Trinajstić information content (AvgIpc) is 2.50. The number of esters is 1. The fraction of sp³-hybridized carbons (Fsp3) is 0.529. The number of nitrogens with one attached hydrogen (secondary N) is 2. The molecule has 0 aliphatic carbocycles. The van der Waals surface area contributed by atoms with Crippen molar-refractivity contribution in [2.24, 2.45) is 11.8 Å². The Morgan fingerprint density at radius 2 is 1.72 bits per heavy atom. The van der Waals surface area contributed by atoms with Gasteiger partial charge >= 0.3 is 11.9 Å². The summed E-state index contributed by atoms with van der Waals surface area (Å²) in [6.45, 7) is 3.54. The highest BCUT2D eigenvalue weighted by atomic mass is 16.6. The van der Waals surface area contributed by atoms with Crippen molar-refractivity contribution in [2.45, 2.75) is 44.9 Å². The van der Waals surface area contributed by atoms with Gasteiger partial charge in [0.2, 0.25) is 5.91 Å². The predicted molar refractivity (Wildman–Crippen MR) is 86.6 cm³/mol. The maximum Gasteiger partial charge on any atom is 0.327 e. The van der Waals surface area contributed by atoms with Crippen LogP contribution in [0.3, 0.4) is 0 Å². The van der Waals surface area contributed by atoms with Gasteiger partial charge in [-0.3, -0.25) is 14.4 Å². The van der Waals surface area contributed by atoms with E-state index < -0.39 is 47.9 Å². The molecule has 0 aromatic heterocycles. The predicted octanol–water partition coefficient (Wildman–Crippen LogP) is -0.715. The standard InChI is InChI=1S/C17H20N2O6/c1-5-7-10(14(20)19-11(8-6-2)16(22)23)18-15(21)13-12(9(3)4)17(24)25-13/h1-2,9-13H,7-8H2,3-4H3,(H,18,21)(H,19,20)(H,22,23)/t10-,11-,12-,13+/m0/s1. The van der Waals surface area contributed by atoms with Crippen molar-refractivity contribution < 1.29 is 29.0 Å². The van der Waals surface area contributed by atoms with Crippen LogP contribution in [0.25, 0.3) is 0 Å². The molecule has 0 saturated carbocycles. The summed E-state index contributed by atoms with van der Waals surface area (Å²) in [5.74, 6) is 0.466. The largest absolute Gasteiger partial charge is 0.480 e. The Kier molecular flexibility index (Phi) is 7.01. The van der Waals surface area contributed by atoms with Crippen LogP contribution in [0.5, 0.6) is 0 Å². The van der Waals surface area contributed by atoms with Gasteiger partial charge < -0.3 is 20.5 Å². The third-order valence-electron chi connectivity index (χ3n) is 3.71. The van der Waals surface area contributed by atoms with Crippen LogP contribution in [0.2, 0.25) is 0 Å². The molecule has 3 N–H and O–H groups in total. The third-order valence-corrected chi connectivity index (χ3v) is 3.71. The van der Waals surface area contributed by atoms with E-state index in [4.69, 9.17) is 22.7 Å². The van der Waals surface area contributed by atoms with E-state index in [9.17, 15) is 19.2 Å². The summed E-state index contributed by atoms with van der Waals surface area (Å²) in [6.07, 6.45) is 8.89. The fourth-order valence-corrected chi connectivity index (χ4v) is 2.34. The number of aliphatic carboxylic acids is 1. The average molecular weight is 348 g/mol. The third kappa shape index (κ3) is 4.98. The van der Waals surface area contributed by atoms with Crippen molar-refractivity contribution in [3.63, 3.8) is 0 Å². The Morgan fingerprint density at radius 3 is 2.16 bits per heavy atom. The minimum atomic E-state index is -1.30. The van der Waals surface area contributed by atoms with E-state index >= 15 is 0 Å². The van der Waals surface area contributed by atoms with Crippen LogP contribution in [0.4, 0.5) is 0 Å². The summed E-state index contributed by atoms with van der Waals surface area (Å²) < 4.78 is 4.84. The maximum absolute atomic E-state index is 12.2. The molecule has 0 radical (unpaired) electrons. The van der Waals surface area contributed by atoms with Gasteiger partial charge in [-0.15, -0.1) is 24.7 Å². The number of cyclic esters (lactones) is 1. The van der Waals surface area contributed by atoms with Crippen molar-refractivity contribution in [1.82, 2.24) is 10.6 Å². The summed E-state index contributed by atoms with van der Waals surface area (Å²) in [6, 6.07) is -2.45. The van der Waals surface area contributed by atoms with Crippen molar-refractivity contribution in [1.29, 1.82) is 0 Å². The van der Waals surface area contributed by atoms with E-state index in [1.54, 1.807) is 13.8 Å². The molecule has 0 bridgehead atoms. The van der Waals surface area contributed by atoms with Crippen molar-refractivity contribution in [3.8, 4) is 24.7 Å².